The lowest BCUT2D eigenvalue weighted by molar-refractivity contribution is 0.0600. The fraction of sp³-hybridized carbons (Fsp3) is 0.500. The lowest BCUT2D eigenvalue weighted by Gasteiger charge is -2.26. The van der Waals surface area contributed by atoms with Gasteiger partial charge in [0, 0.05) is 29.4 Å². The van der Waals surface area contributed by atoms with Crippen LogP contribution in [0.4, 0.5) is 5.69 Å². The molecule has 0 spiro atoms. The average Bonchev–Trinajstić information content (AvgIpc) is 2.45. The molecule has 1 fully saturated rings. The number of methoxy groups -OCH3 is 1. The molecular weight excluding hydrogens is 346 g/mol. The van der Waals surface area contributed by atoms with Crippen LogP contribution in [0.5, 0.6) is 0 Å². The van der Waals surface area contributed by atoms with Crippen LogP contribution in [0.2, 0.25) is 5.02 Å². The zero-order chi connectivity index (χ0) is 14.7. The minimum atomic E-state index is -0.427. The smallest absolute Gasteiger partial charge is 0.339 e. The molecule has 1 aromatic carbocycles. The van der Waals surface area contributed by atoms with Gasteiger partial charge in [-0.3, -0.25) is 0 Å². The molecule has 0 unspecified atom stereocenters. The molecule has 0 aromatic heterocycles. The number of anilines is 1. The summed E-state index contributed by atoms with van der Waals surface area (Å²) in [6, 6.07) is 2.25. The highest BCUT2D eigenvalue weighted by atomic mass is 79.9. The summed E-state index contributed by atoms with van der Waals surface area (Å²) in [6.07, 6.45) is 1.90. The maximum atomic E-state index is 11.9. The highest BCUT2D eigenvalue weighted by molar-refractivity contribution is 9.10. The first kappa shape index (κ1) is 15.6. The van der Waals surface area contributed by atoms with Crippen molar-refractivity contribution in [1.29, 1.82) is 0 Å². The summed E-state index contributed by atoms with van der Waals surface area (Å²) in [6.45, 7) is 3.39. The van der Waals surface area contributed by atoms with E-state index >= 15 is 0 Å². The Balaban J connectivity index is 2.33. The lowest BCUT2D eigenvalue weighted by atomic mass is 10.0. The van der Waals surface area contributed by atoms with E-state index in [0.717, 1.165) is 37.3 Å². The summed E-state index contributed by atoms with van der Waals surface area (Å²) in [4.78, 5) is 11.9. The zero-order valence-electron chi connectivity index (χ0n) is 11.5. The van der Waals surface area contributed by atoms with E-state index in [2.05, 4.69) is 21.2 Å². The molecule has 1 aliphatic heterocycles. The summed E-state index contributed by atoms with van der Waals surface area (Å²) in [7, 11) is 1.35. The Labute approximate surface area is 131 Å². The van der Waals surface area contributed by atoms with E-state index in [0.29, 0.717) is 21.1 Å². The van der Waals surface area contributed by atoms with Crippen LogP contribution >= 0.6 is 27.5 Å². The molecule has 1 N–H and O–H groups in total. The van der Waals surface area contributed by atoms with Crippen LogP contribution in [0.25, 0.3) is 0 Å². The van der Waals surface area contributed by atoms with Gasteiger partial charge in [-0.25, -0.2) is 4.79 Å². The van der Waals surface area contributed by atoms with Crippen molar-refractivity contribution in [2.75, 3.05) is 25.6 Å². The van der Waals surface area contributed by atoms with Gasteiger partial charge in [-0.15, -0.1) is 0 Å². The molecule has 0 amide bonds. The number of benzene rings is 1. The third-order valence-corrected chi connectivity index (χ3v) is 4.70. The maximum Gasteiger partial charge on any atom is 0.339 e. The fourth-order valence-electron chi connectivity index (χ4n) is 2.27. The van der Waals surface area contributed by atoms with Crippen molar-refractivity contribution in [3.63, 3.8) is 0 Å². The molecule has 0 radical (unpaired) electrons. The van der Waals surface area contributed by atoms with Gasteiger partial charge >= 0.3 is 5.97 Å². The van der Waals surface area contributed by atoms with E-state index in [1.54, 1.807) is 0 Å². The van der Waals surface area contributed by atoms with E-state index in [1.165, 1.54) is 7.11 Å². The third kappa shape index (κ3) is 3.27. The number of nitrogens with one attached hydrogen (secondary N) is 1. The lowest BCUT2D eigenvalue weighted by Crippen LogP contribution is -2.28. The van der Waals surface area contributed by atoms with Gasteiger partial charge < -0.3 is 14.8 Å². The standard InChI is InChI=1S/C14H17BrClNO3/c1-8-11(17-9-3-5-20-6-4-9)7-10(15)13(16)12(8)14(18)19-2/h7,9,17H,3-6H2,1-2H3. The molecule has 1 heterocycles. The average molecular weight is 363 g/mol. The first-order valence-electron chi connectivity index (χ1n) is 6.45. The van der Waals surface area contributed by atoms with E-state index < -0.39 is 5.97 Å². The minimum Gasteiger partial charge on any atom is -0.465 e. The largest absolute Gasteiger partial charge is 0.465 e. The van der Waals surface area contributed by atoms with Crippen molar-refractivity contribution in [2.45, 2.75) is 25.8 Å². The molecule has 4 nitrogen and oxygen atoms in total. The van der Waals surface area contributed by atoms with E-state index in [1.807, 2.05) is 13.0 Å². The molecule has 0 aliphatic carbocycles. The van der Waals surface area contributed by atoms with Crippen molar-refractivity contribution in [1.82, 2.24) is 0 Å². The second-order valence-corrected chi connectivity index (χ2v) is 5.97. The summed E-state index contributed by atoms with van der Waals surface area (Å²) < 4.78 is 10.8. The van der Waals surface area contributed by atoms with Crippen LogP contribution in [0.3, 0.4) is 0 Å². The van der Waals surface area contributed by atoms with Crippen LogP contribution in [0, 0.1) is 6.92 Å². The minimum absolute atomic E-state index is 0.348. The maximum absolute atomic E-state index is 11.9. The monoisotopic (exact) mass is 361 g/mol. The number of ether oxygens (including phenoxy) is 2. The van der Waals surface area contributed by atoms with Crippen molar-refractivity contribution < 1.29 is 14.3 Å². The highest BCUT2D eigenvalue weighted by Gasteiger charge is 2.21. The van der Waals surface area contributed by atoms with Crippen LogP contribution in [0.1, 0.15) is 28.8 Å². The molecular formula is C14H17BrClNO3. The number of esters is 1. The number of rotatable bonds is 3. The van der Waals surface area contributed by atoms with Gasteiger partial charge in [0.2, 0.25) is 0 Å². The van der Waals surface area contributed by atoms with Crippen LogP contribution in [-0.2, 0) is 9.47 Å². The number of halogens is 2. The van der Waals surface area contributed by atoms with Crippen molar-refractivity contribution in [3.05, 3.63) is 26.7 Å². The summed E-state index contributed by atoms with van der Waals surface area (Å²) in [5, 5.41) is 3.84. The predicted molar refractivity (Wildman–Crippen MR) is 82.7 cm³/mol. The molecule has 0 atom stereocenters. The Bertz CT molecular complexity index is 516. The number of carbonyl (C=O) groups is 1. The Hall–Kier alpha value is -0.780. The first-order valence-corrected chi connectivity index (χ1v) is 7.63. The third-order valence-electron chi connectivity index (χ3n) is 3.45. The van der Waals surface area contributed by atoms with Gasteiger partial charge in [-0.1, -0.05) is 11.6 Å². The van der Waals surface area contributed by atoms with Gasteiger partial charge in [0.1, 0.15) is 0 Å². The van der Waals surface area contributed by atoms with Crippen LogP contribution in [0.15, 0.2) is 10.5 Å². The van der Waals surface area contributed by atoms with E-state index in [4.69, 9.17) is 21.1 Å². The Morgan fingerprint density at radius 2 is 2.15 bits per heavy atom. The molecule has 1 saturated heterocycles. The van der Waals surface area contributed by atoms with Gasteiger partial charge in [-0.2, -0.15) is 0 Å². The molecule has 2 rings (SSSR count). The van der Waals surface area contributed by atoms with Crippen LogP contribution in [-0.4, -0.2) is 32.3 Å². The van der Waals surface area contributed by atoms with Gasteiger partial charge in [0.25, 0.3) is 0 Å². The zero-order valence-corrected chi connectivity index (χ0v) is 13.8. The van der Waals surface area contributed by atoms with E-state index in [-0.39, 0.29) is 0 Å². The summed E-state index contributed by atoms with van der Waals surface area (Å²) >= 11 is 9.58. The number of carbonyl (C=O) groups excluding carboxylic acids is 1. The molecule has 20 heavy (non-hydrogen) atoms. The van der Waals surface area contributed by atoms with Crippen molar-refractivity contribution in [3.8, 4) is 0 Å². The summed E-state index contributed by atoms with van der Waals surface area (Å²) in [5.41, 5.74) is 2.10. The van der Waals surface area contributed by atoms with Crippen molar-refractivity contribution >= 4 is 39.2 Å². The number of hydrogen-bond acceptors (Lipinski definition) is 4. The number of hydrogen-bond donors (Lipinski definition) is 1. The Morgan fingerprint density at radius 1 is 1.50 bits per heavy atom. The van der Waals surface area contributed by atoms with Gasteiger partial charge in [0.05, 0.1) is 17.7 Å². The van der Waals surface area contributed by atoms with Gasteiger partial charge in [0.15, 0.2) is 0 Å². The van der Waals surface area contributed by atoms with Crippen LogP contribution < -0.4 is 5.32 Å². The second kappa shape index (κ2) is 6.78. The quantitative estimate of drug-likeness (QED) is 0.831. The van der Waals surface area contributed by atoms with E-state index in [9.17, 15) is 4.79 Å². The first-order chi connectivity index (χ1) is 9.54. The SMILES string of the molecule is COC(=O)c1c(C)c(NC2CCOCC2)cc(Br)c1Cl. The molecule has 0 bridgehead atoms. The molecule has 1 aliphatic rings. The Morgan fingerprint density at radius 3 is 2.75 bits per heavy atom. The fourth-order valence-corrected chi connectivity index (χ4v) is 2.97. The second-order valence-electron chi connectivity index (χ2n) is 4.74. The van der Waals surface area contributed by atoms with Gasteiger partial charge in [-0.05, 0) is 47.3 Å². The van der Waals surface area contributed by atoms with Crippen molar-refractivity contribution in [2.24, 2.45) is 0 Å². The normalized spacial score (nSPS) is 16.0. The Kier molecular flexibility index (Phi) is 5.29. The molecule has 1 aromatic rings. The molecule has 110 valence electrons. The summed E-state index contributed by atoms with van der Waals surface area (Å²) in [5.74, 6) is -0.427. The molecule has 0 saturated carbocycles. The molecule has 6 heteroatoms. The predicted octanol–water partition coefficient (Wildman–Crippen LogP) is 3.79. The highest BCUT2D eigenvalue weighted by Crippen LogP contribution is 2.35. The topological polar surface area (TPSA) is 47.6 Å².